The maximum Gasteiger partial charge on any atom is 0.410 e. The van der Waals surface area contributed by atoms with E-state index in [1.807, 2.05) is 0 Å². The van der Waals surface area contributed by atoms with E-state index < -0.39 is 20.7 Å². The zero-order valence-electron chi connectivity index (χ0n) is 10.7. The second-order valence-corrected chi connectivity index (χ2v) is 7.70. The first-order valence-electron chi connectivity index (χ1n) is 5.71. The minimum atomic E-state index is -3.68. The molecule has 0 aliphatic carbocycles. The number of hydrogen-bond acceptors (Lipinski definition) is 4. The molecule has 7 heteroatoms. The minimum Gasteiger partial charge on any atom is -0.444 e. The second-order valence-electron chi connectivity index (χ2n) is 5.19. The fourth-order valence-electron chi connectivity index (χ4n) is 1.72. The van der Waals surface area contributed by atoms with E-state index in [9.17, 15) is 13.2 Å². The van der Waals surface area contributed by atoms with Gasteiger partial charge in [0.15, 0.2) is 0 Å². The van der Waals surface area contributed by atoms with Gasteiger partial charge in [0.1, 0.15) is 5.60 Å². The molecule has 1 saturated heterocycles. The maximum atomic E-state index is 11.9. The predicted molar refractivity (Wildman–Crippen MR) is 69.9 cm³/mol. The van der Waals surface area contributed by atoms with Crippen molar-refractivity contribution >= 4 is 25.8 Å². The largest absolute Gasteiger partial charge is 0.444 e. The third kappa shape index (κ3) is 5.27. The molecule has 0 saturated carbocycles. The lowest BCUT2D eigenvalue weighted by Gasteiger charge is -2.27. The summed E-state index contributed by atoms with van der Waals surface area (Å²) in [5.74, 6) is 0. The van der Waals surface area contributed by atoms with Crippen molar-refractivity contribution in [2.24, 2.45) is 0 Å². The van der Waals surface area contributed by atoms with Crippen molar-refractivity contribution in [1.82, 2.24) is 4.90 Å². The Labute approximate surface area is 112 Å². The van der Waals surface area contributed by atoms with Crippen LogP contribution in [0.25, 0.3) is 0 Å². The van der Waals surface area contributed by atoms with Gasteiger partial charge >= 0.3 is 6.09 Å². The van der Waals surface area contributed by atoms with Crippen LogP contribution < -0.4 is 0 Å². The van der Waals surface area contributed by atoms with Crippen molar-refractivity contribution in [3.63, 3.8) is 0 Å². The standard InChI is InChI=1S/C11H18ClNO4S/c1-11(2,3)17-10(14)13-7-4-5-9(13)6-8-18(12,15)16/h6,8-9H,4-5,7H2,1-3H3/b8-6+/t9-/m1/s1. The van der Waals surface area contributed by atoms with Gasteiger partial charge in [0, 0.05) is 22.6 Å². The minimum absolute atomic E-state index is 0.270. The molecule has 1 fully saturated rings. The van der Waals surface area contributed by atoms with Crippen molar-refractivity contribution < 1.29 is 17.9 Å². The van der Waals surface area contributed by atoms with Gasteiger partial charge in [-0.2, -0.15) is 0 Å². The summed E-state index contributed by atoms with van der Waals surface area (Å²) in [6.45, 7) is 5.92. The Morgan fingerprint density at radius 2 is 2.06 bits per heavy atom. The monoisotopic (exact) mass is 295 g/mol. The molecule has 18 heavy (non-hydrogen) atoms. The van der Waals surface area contributed by atoms with Gasteiger partial charge in [-0.05, 0) is 39.7 Å². The van der Waals surface area contributed by atoms with E-state index in [0.717, 1.165) is 11.8 Å². The highest BCUT2D eigenvalue weighted by Gasteiger charge is 2.30. The first-order chi connectivity index (χ1) is 8.08. The summed E-state index contributed by atoms with van der Waals surface area (Å²) in [7, 11) is 1.41. The third-order valence-electron chi connectivity index (χ3n) is 2.39. The summed E-state index contributed by atoms with van der Waals surface area (Å²) in [4.78, 5) is 13.4. The number of amides is 1. The zero-order valence-corrected chi connectivity index (χ0v) is 12.3. The summed E-state index contributed by atoms with van der Waals surface area (Å²) in [5.41, 5.74) is -0.563. The summed E-state index contributed by atoms with van der Waals surface area (Å²) in [5, 5.41) is 0.919. The van der Waals surface area contributed by atoms with Gasteiger partial charge in [-0.15, -0.1) is 0 Å². The smallest absolute Gasteiger partial charge is 0.410 e. The van der Waals surface area contributed by atoms with Crippen molar-refractivity contribution in [2.45, 2.75) is 45.3 Å². The summed E-state index contributed by atoms with van der Waals surface area (Å²) in [6.07, 6.45) is 2.53. The first-order valence-corrected chi connectivity index (χ1v) is 8.08. The van der Waals surface area contributed by atoms with E-state index in [4.69, 9.17) is 15.4 Å². The van der Waals surface area contributed by atoms with Gasteiger partial charge in [0.25, 0.3) is 9.05 Å². The molecular formula is C11H18ClNO4S. The van der Waals surface area contributed by atoms with Crippen LogP contribution in [0, 0.1) is 0 Å². The molecule has 1 amide bonds. The SMILES string of the molecule is CC(C)(C)OC(=O)N1CCC[C@@H]1/C=C/S(=O)(=O)Cl. The van der Waals surface area contributed by atoms with Crippen LogP contribution >= 0.6 is 10.7 Å². The van der Waals surface area contributed by atoms with E-state index in [2.05, 4.69) is 0 Å². The molecule has 0 aromatic heterocycles. The average Bonchev–Trinajstić information content (AvgIpc) is 2.58. The van der Waals surface area contributed by atoms with E-state index in [1.165, 1.54) is 11.0 Å². The number of rotatable bonds is 2. The van der Waals surface area contributed by atoms with Gasteiger partial charge in [-0.3, -0.25) is 0 Å². The lowest BCUT2D eigenvalue weighted by Crippen LogP contribution is -2.39. The lowest BCUT2D eigenvalue weighted by atomic mass is 10.2. The van der Waals surface area contributed by atoms with Gasteiger partial charge in [0.2, 0.25) is 0 Å². The quantitative estimate of drug-likeness (QED) is 0.734. The van der Waals surface area contributed by atoms with Crippen LogP contribution in [0.3, 0.4) is 0 Å². The molecule has 0 unspecified atom stereocenters. The van der Waals surface area contributed by atoms with Crippen LogP contribution in [-0.2, 0) is 13.8 Å². The topological polar surface area (TPSA) is 63.7 Å². The molecular weight excluding hydrogens is 278 g/mol. The average molecular weight is 296 g/mol. The summed E-state index contributed by atoms with van der Waals surface area (Å²) < 4.78 is 26.9. The number of halogens is 1. The van der Waals surface area contributed by atoms with Crippen LogP contribution in [0.1, 0.15) is 33.6 Å². The molecule has 1 aliphatic rings. The first kappa shape index (κ1) is 15.3. The Morgan fingerprint density at radius 1 is 1.44 bits per heavy atom. The summed E-state index contributed by atoms with van der Waals surface area (Å²) >= 11 is 0. The highest BCUT2D eigenvalue weighted by molar-refractivity contribution is 8.16. The van der Waals surface area contributed by atoms with Crippen LogP contribution in [0.5, 0.6) is 0 Å². The Kier molecular flexibility index (Phi) is 4.66. The molecule has 1 aliphatic heterocycles. The number of carbonyl (C=O) groups excluding carboxylic acids is 1. The number of likely N-dealkylation sites (tertiary alicyclic amines) is 1. The normalized spacial score (nSPS) is 21.6. The van der Waals surface area contributed by atoms with Crippen molar-refractivity contribution in [3.8, 4) is 0 Å². The van der Waals surface area contributed by atoms with Crippen molar-refractivity contribution in [1.29, 1.82) is 0 Å². The molecule has 104 valence electrons. The van der Waals surface area contributed by atoms with Crippen LogP contribution in [0.15, 0.2) is 11.5 Å². The molecule has 0 N–H and O–H groups in total. The highest BCUT2D eigenvalue weighted by Crippen LogP contribution is 2.22. The van der Waals surface area contributed by atoms with Crippen LogP contribution in [0.2, 0.25) is 0 Å². The van der Waals surface area contributed by atoms with Gasteiger partial charge in [-0.25, -0.2) is 13.2 Å². The molecule has 0 radical (unpaired) electrons. The molecule has 5 nitrogen and oxygen atoms in total. The van der Waals surface area contributed by atoms with E-state index in [-0.39, 0.29) is 6.04 Å². The zero-order chi connectivity index (χ0) is 14.0. The van der Waals surface area contributed by atoms with E-state index in [0.29, 0.717) is 13.0 Å². The fraction of sp³-hybridized carbons (Fsp3) is 0.727. The molecule has 0 aromatic rings. The second kappa shape index (κ2) is 5.48. The van der Waals surface area contributed by atoms with Gasteiger partial charge in [-0.1, -0.05) is 0 Å². The highest BCUT2D eigenvalue weighted by atomic mass is 35.7. The molecule has 1 heterocycles. The van der Waals surface area contributed by atoms with Gasteiger partial charge < -0.3 is 9.64 Å². The molecule has 0 spiro atoms. The van der Waals surface area contributed by atoms with Crippen molar-refractivity contribution in [3.05, 3.63) is 11.5 Å². The maximum absolute atomic E-state index is 11.9. The molecule has 1 rings (SSSR count). The van der Waals surface area contributed by atoms with Gasteiger partial charge in [0.05, 0.1) is 6.04 Å². The fourth-order valence-corrected chi connectivity index (χ4v) is 2.27. The van der Waals surface area contributed by atoms with E-state index in [1.54, 1.807) is 20.8 Å². The Hall–Kier alpha value is -0.750. The number of hydrogen-bond donors (Lipinski definition) is 0. The third-order valence-corrected chi connectivity index (χ3v) is 3.18. The Bertz CT molecular complexity index is 438. The molecule has 0 bridgehead atoms. The van der Waals surface area contributed by atoms with Crippen LogP contribution in [-0.4, -0.2) is 37.6 Å². The van der Waals surface area contributed by atoms with Crippen LogP contribution in [0.4, 0.5) is 4.79 Å². The number of ether oxygens (including phenoxy) is 1. The van der Waals surface area contributed by atoms with E-state index >= 15 is 0 Å². The molecule has 0 aromatic carbocycles. The Balaban J connectivity index is 2.71. The Morgan fingerprint density at radius 3 is 2.56 bits per heavy atom. The predicted octanol–water partition coefficient (Wildman–Crippen LogP) is 2.47. The number of nitrogens with zero attached hydrogens (tertiary/aromatic N) is 1. The molecule has 1 atom stereocenters. The number of carbonyl (C=O) groups is 1. The summed E-state index contributed by atoms with van der Waals surface area (Å²) in [6, 6.07) is -0.270. The van der Waals surface area contributed by atoms with Crippen molar-refractivity contribution in [2.75, 3.05) is 6.54 Å². The lowest BCUT2D eigenvalue weighted by molar-refractivity contribution is 0.0256.